The van der Waals surface area contributed by atoms with Crippen LogP contribution in [0.2, 0.25) is 0 Å². The molecule has 1 aliphatic rings. The molecule has 0 bridgehead atoms. The van der Waals surface area contributed by atoms with E-state index in [0.29, 0.717) is 5.95 Å². The molecule has 206 valence electrons. The van der Waals surface area contributed by atoms with Gasteiger partial charge in [0.2, 0.25) is 5.95 Å². The zero-order valence-electron chi connectivity index (χ0n) is 24.6. The SMILES string of the molecule is Cc1cccc(C)c1-c1nc(-n2c3ccccc3c3ccc4c5c(sc4c32)C(C)(C)c2ccccc2-5)nc2ccccc12. The summed E-state index contributed by atoms with van der Waals surface area (Å²) in [5, 5.41) is 4.84. The number of rotatable bonds is 2. The van der Waals surface area contributed by atoms with Crippen molar-refractivity contribution in [3.63, 3.8) is 0 Å². The van der Waals surface area contributed by atoms with Gasteiger partial charge in [-0.25, -0.2) is 9.97 Å². The van der Waals surface area contributed by atoms with Crippen molar-refractivity contribution < 1.29 is 0 Å². The van der Waals surface area contributed by atoms with Gasteiger partial charge in [0.1, 0.15) is 0 Å². The summed E-state index contributed by atoms with van der Waals surface area (Å²) in [5.74, 6) is 0.711. The average Bonchev–Trinajstić information content (AvgIpc) is 3.64. The van der Waals surface area contributed by atoms with E-state index in [1.807, 2.05) is 11.3 Å². The molecule has 5 aromatic carbocycles. The monoisotopic (exact) mass is 571 g/mol. The number of hydrogen-bond donors (Lipinski definition) is 0. The lowest BCUT2D eigenvalue weighted by atomic mass is 9.87. The molecule has 0 N–H and O–H groups in total. The maximum Gasteiger partial charge on any atom is 0.235 e. The molecule has 0 radical (unpaired) electrons. The van der Waals surface area contributed by atoms with E-state index in [1.165, 1.54) is 64.6 Å². The number of hydrogen-bond acceptors (Lipinski definition) is 3. The molecule has 43 heavy (non-hydrogen) atoms. The third-order valence-electron chi connectivity index (χ3n) is 9.44. The highest BCUT2D eigenvalue weighted by Crippen LogP contribution is 2.56. The van der Waals surface area contributed by atoms with Crippen LogP contribution in [0.5, 0.6) is 0 Å². The van der Waals surface area contributed by atoms with Crippen LogP contribution in [0.25, 0.3) is 71.1 Å². The summed E-state index contributed by atoms with van der Waals surface area (Å²) in [5.41, 5.74) is 12.0. The highest BCUT2D eigenvalue weighted by atomic mass is 32.1. The molecular weight excluding hydrogens is 543 g/mol. The summed E-state index contributed by atoms with van der Waals surface area (Å²) in [7, 11) is 0. The highest BCUT2D eigenvalue weighted by molar-refractivity contribution is 7.21. The van der Waals surface area contributed by atoms with E-state index >= 15 is 0 Å². The van der Waals surface area contributed by atoms with Crippen LogP contribution in [0, 0.1) is 13.8 Å². The fourth-order valence-corrected chi connectivity index (χ4v) is 8.90. The highest BCUT2D eigenvalue weighted by Gasteiger charge is 2.39. The minimum absolute atomic E-state index is 0.0479. The lowest BCUT2D eigenvalue weighted by Gasteiger charge is -2.19. The van der Waals surface area contributed by atoms with E-state index in [0.717, 1.165) is 22.1 Å². The molecular formula is C39H29N3S. The number of aromatic nitrogens is 3. The van der Waals surface area contributed by atoms with Crippen LogP contribution in [0.3, 0.4) is 0 Å². The summed E-state index contributed by atoms with van der Waals surface area (Å²) >= 11 is 1.94. The van der Waals surface area contributed by atoms with Crippen molar-refractivity contribution in [3.8, 4) is 28.3 Å². The molecule has 9 rings (SSSR count). The van der Waals surface area contributed by atoms with Gasteiger partial charge < -0.3 is 0 Å². The van der Waals surface area contributed by atoms with Crippen molar-refractivity contribution >= 4 is 54.1 Å². The molecule has 0 atom stereocenters. The molecule has 0 amide bonds. The smallest absolute Gasteiger partial charge is 0.235 e. The largest absolute Gasteiger partial charge is 0.276 e. The van der Waals surface area contributed by atoms with E-state index in [2.05, 4.69) is 135 Å². The van der Waals surface area contributed by atoms with Gasteiger partial charge in [-0.3, -0.25) is 4.57 Å². The van der Waals surface area contributed by atoms with Gasteiger partial charge in [-0.1, -0.05) is 105 Å². The van der Waals surface area contributed by atoms with Gasteiger partial charge in [0.25, 0.3) is 0 Å². The topological polar surface area (TPSA) is 30.7 Å². The Morgan fingerprint density at radius 1 is 0.628 bits per heavy atom. The van der Waals surface area contributed by atoms with Crippen LogP contribution in [-0.4, -0.2) is 14.5 Å². The standard InChI is InChI=1S/C39H29N3S/c1-22-12-11-13-23(2)32(22)34-27-16-6-9-18-30(27)40-38(41-34)42-31-19-10-7-14-24(31)25-20-21-28-33-26-15-5-8-17-29(26)39(3,4)37(33)43-36(28)35(25)42/h5-21H,1-4H3. The molecule has 0 spiro atoms. The number of aryl methyl sites for hydroxylation is 2. The molecule has 3 heterocycles. The van der Waals surface area contributed by atoms with Crippen LogP contribution >= 0.6 is 11.3 Å². The maximum absolute atomic E-state index is 5.43. The van der Waals surface area contributed by atoms with Crippen molar-refractivity contribution in [1.82, 2.24) is 14.5 Å². The first-order valence-electron chi connectivity index (χ1n) is 14.9. The molecule has 1 aliphatic carbocycles. The van der Waals surface area contributed by atoms with Crippen LogP contribution in [0.15, 0.2) is 103 Å². The normalized spacial score (nSPS) is 13.8. The van der Waals surface area contributed by atoms with Gasteiger partial charge >= 0.3 is 0 Å². The molecule has 0 unspecified atom stereocenters. The number of para-hydroxylation sites is 2. The Kier molecular flexibility index (Phi) is 4.97. The Hall–Kier alpha value is -4.80. The number of nitrogens with zero attached hydrogens (tertiary/aromatic N) is 3. The molecule has 4 heteroatoms. The van der Waals surface area contributed by atoms with Crippen molar-refractivity contribution in [2.45, 2.75) is 33.1 Å². The fourth-order valence-electron chi connectivity index (χ4n) is 7.43. The summed E-state index contributed by atoms with van der Waals surface area (Å²) in [4.78, 5) is 12.1. The fraction of sp³-hybridized carbons (Fsp3) is 0.128. The second kappa shape index (κ2) is 8.62. The first-order chi connectivity index (χ1) is 20.9. The summed E-state index contributed by atoms with van der Waals surface area (Å²) in [6.07, 6.45) is 0. The Bertz CT molecular complexity index is 2440. The molecule has 3 nitrogen and oxygen atoms in total. The van der Waals surface area contributed by atoms with Crippen LogP contribution in [0.1, 0.15) is 35.4 Å². The van der Waals surface area contributed by atoms with Gasteiger partial charge in [-0.2, -0.15) is 0 Å². The van der Waals surface area contributed by atoms with Gasteiger partial charge in [-0.05, 0) is 48.2 Å². The Morgan fingerprint density at radius 3 is 2.16 bits per heavy atom. The number of fused-ring (bicyclic) bond motifs is 10. The van der Waals surface area contributed by atoms with Gasteiger partial charge in [0, 0.05) is 43.0 Å². The van der Waals surface area contributed by atoms with Crippen molar-refractivity contribution in [2.24, 2.45) is 0 Å². The van der Waals surface area contributed by atoms with E-state index in [4.69, 9.17) is 9.97 Å². The molecule has 0 aliphatic heterocycles. The maximum atomic E-state index is 5.43. The Morgan fingerprint density at radius 2 is 1.33 bits per heavy atom. The molecule has 8 aromatic rings. The van der Waals surface area contributed by atoms with Gasteiger partial charge in [-0.15, -0.1) is 11.3 Å². The molecule has 0 saturated heterocycles. The predicted molar refractivity (Wildman–Crippen MR) is 182 cm³/mol. The lowest BCUT2D eigenvalue weighted by molar-refractivity contribution is 0.674. The summed E-state index contributed by atoms with van der Waals surface area (Å²) in [6, 6.07) is 37.1. The zero-order valence-corrected chi connectivity index (χ0v) is 25.4. The van der Waals surface area contributed by atoms with Crippen LogP contribution < -0.4 is 0 Å². The van der Waals surface area contributed by atoms with Crippen molar-refractivity contribution in [2.75, 3.05) is 0 Å². The van der Waals surface area contributed by atoms with E-state index < -0.39 is 0 Å². The third kappa shape index (κ3) is 3.24. The van der Waals surface area contributed by atoms with Crippen molar-refractivity contribution in [3.05, 3.63) is 125 Å². The van der Waals surface area contributed by atoms with E-state index in [-0.39, 0.29) is 5.41 Å². The van der Waals surface area contributed by atoms with Gasteiger partial charge in [0.05, 0.1) is 26.9 Å². The zero-order chi connectivity index (χ0) is 29.0. The van der Waals surface area contributed by atoms with E-state index in [1.54, 1.807) is 0 Å². The first kappa shape index (κ1) is 24.8. The lowest BCUT2D eigenvalue weighted by Crippen LogP contribution is -2.13. The van der Waals surface area contributed by atoms with Crippen LogP contribution in [0.4, 0.5) is 0 Å². The van der Waals surface area contributed by atoms with Gasteiger partial charge in [0.15, 0.2) is 0 Å². The Labute approximate surface area is 254 Å². The predicted octanol–water partition coefficient (Wildman–Crippen LogP) is 10.5. The third-order valence-corrected chi connectivity index (χ3v) is 11.0. The number of benzene rings is 5. The molecule has 0 fully saturated rings. The summed E-state index contributed by atoms with van der Waals surface area (Å²) < 4.78 is 3.62. The average molecular weight is 572 g/mol. The minimum Gasteiger partial charge on any atom is -0.276 e. The Balaban J connectivity index is 1.44. The quantitative estimate of drug-likeness (QED) is 0.207. The number of thiophene rings is 1. The van der Waals surface area contributed by atoms with Crippen molar-refractivity contribution in [1.29, 1.82) is 0 Å². The molecule has 3 aromatic heterocycles. The second-order valence-electron chi connectivity index (χ2n) is 12.3. The molecule has 0 saturated carbocycles. The van der Waals surface area contributed by atoms with Crippen LogP contribution in [-0.2, 0) is 5.41 Å². The second-order valence-corrected chi connectivity index (χ2v) is 13.3. The first-order valence-corrected chi connectivity index (χ1v) is 15.7. The summed E-state index contributed by atoms with van der Waals surface area (Å²) in [6.45, 7) is 9.08. The minimum atomic E-state index is -0.0479. The van der Waals surface area contributed by atoms with E-state index in [9.17, 15) is 0 Å².